The normalized spacial score (nSPS) is 23.7. The Bertz CT molecular complexity index is 554. The number of sulfonamides is 1. The summed E-state index contributed by atoms with van der Waals surface area (Å²) in [7, 11) is -3.65. The molecule has 1 aromatic rings. The number of rotatable bonds is 4. The van der Waals surface area contributed by atoms with Crippen LogP contribution in [0.3, 0.4) is 0 Å². The van der Waals surface area contributed by atoms with Gasteiger partial charge in [-0.25, -0.2) is 13.1 Å². The molecule has 2 atom stereocenters. The first-order chi connectivity index (χ1) is 9.40. The van der Waals surface area contributed by atoms with Crippen LogP contribution in [0.4, 0.5) is 5.69 Å². The van der Waals surface area contributed by atoms with Gasteiger partial charge in [0.25, 0.3) is 0 Å². The molecule has 0 aromatic heterocycles. The molecular formula is C14H21ClN2O2S. The van der Waals surface area contributed by atoms with Crippen molar-refractivity contribution in [1.29, 1.82) is 0 Å². The summed E-state index contributed by atoms with van der Waals surface area (Å²) in [5.74, 6) is 1.07. The van der Waals surface area contributed by atoms with Crippen molar-refractivity contribution in [2.75, 3.05) is 12.3 Å². The summed E-state index contributed by atoms with van der Waals surface area (Å²) in [5, 5.41) is 0.162. The lowest BCUT2D eigenvalue weighted by Crippen LogP contribution is -2.32. The van der Waals surface area contributed by atoms with Gasteiger partial charge >= 0.3 is 0 Å². The average molecular weight is 317 g/mol. The minimum Gasteiger partial charge on any atom is -0.398 e. The Hall–Kier alpha value is -0.780. The maximum Gasteiger partial charge on any atom is 0.244 e. The molecule has 1 saturated carbocycles. The maximum atomic E-state index is 12.3. The van der Waals surface area contributed by atoms with Gasteiger partial charge in [-0.2, -0.15) is 0 Å². The monoisotopic (exact) mass is 316 g/mol. The van der Waals surface area contributed by atoms with E-state index >= 15 is 0 Å². The standard InChI is InChI=1S/C14H21ClN2O2S/c1-10-4-2-5-11(8-10)9-17-20(18,19)14-12(15)6-3-7-13(14)16/h3,6-7,10-11,17H,2,4-5,8-9,16H2,1H3. The molecule has 4 nitrogen and oxygen atoms in total. The summed E-state index contributed by atoms with van der Waals surface area (Å²) in [5.41, 5.74) is 5.92. The molecule has 0 saturated heterocycles. The van der Waals surface area contributed by atoms with Gasteiger partial charge in [-0.1, -0.05) is 37.4 Å². The van der Waals surface area contributed by atoms with E-state index in [1.54, 1.807) is 12.1 Å². The summed E-state index contributed by atoms with van der Waals surface area (Å²) in [4.78, 5) is -0.00877. The number of halogens is 1. The first-order valence-electron chi connectivity index (χ1n) is 6.94. The quantitative estimate of drug-likeness (QED) is 0.839. The van der Waals surface area contributed by atoms with Crippen LogP contribution in [0, 0.1) is 11.8 Å². The molecule has 0 aliphatic heterocycles. The van der Waals surface area contributed by atoms with E-state index in [4.69, 9.17) is 17.3 Å². The highest BCUT2D eigenvalue weighted by Gasteiger charge is 2.24. The lowest BCUT2D eigenvalue weighted by Gasteiger charge is -2.26. The molecule has 0 radical (unpaired) electrons. The molecule has 0 bridgehead atoms. The van der Waals surface area contributed by atoms with Crippen LogP contribution in [0.5, 0.6) is 0 Å². The Morgan fingerprint density at radius 3 is 2.80 bits per heavy atom. The molecule has 0 spiro atoms. The molecule has 2 rings (SSSR count). The molecular weight excluding hydrogens is 296 g/mol. The number of anilines is 1. The molecule has 1 aliphatic rings. The molecule has 112 valence electrons. The van der Waals surface area contributed by atoms with E-state index in [1.807, 2.05) is 0 Å². The molecule has 0 amide bonds. The van der Waals surface area contributed by atoms with Crippen molar-refractivity contribution in [3.8, 4) is 0 Å². The second kappa shape index (κ2) is 6.33. The van der Waals surface area contributed by atoms with E-state index in [9.17, 15) is 8.42 Å². The van der Waals surface area contributed by atoms with Gasteiger partial charge < -0.3 is 5.73 Å². The Balaban J connectivity index is 2.08. The third kappa shape index (κ3) is 3.65. The van der Waals surface area contributed by atoms with Crippen molar-refractivity contribution in [2.45, 2.75) is 37.5 Å². The largest absolute Gasteiger partial charge is 0.398 e. The van der Waals surface area contributed by atoms with Gasteiger partial charge in [-0.3, -0.25) is 0 Å². The number of nitrogens with two attached hydrogens (primary N) is 1. The predicted octanol–water partition coefficient (Wildman–Crippen LogP) is 3.03. The van der Waals surface area contributed by atoms with Crippen LogP contribution in [-0.4, -0.2) is 15.0 Å². The molecule has 2 unspecified atom stereocenters. The van der Waals surface area contributed by atoms with Crippen molar-refractivity contribution < 1.29 is 8.42 Å². The highest BCUT2D eigenvalue weighted by Crippen LogP contribution is 2.30. The Morgan fingerprint density at radius 1 is 1.40 bits per heavy atom. The SMILES string of the molecule is CC1CCCC(CNS(=O)(=O)c2c(N)cccc2Cl)C1. The summed E-state index contributed by atoms with van der Waals surface area (Å²) in [6.45, 7) is 2.67. The fraction of sp³-hybridized carbons (Fsp3) is 0.571. The molecule has 6 heteroatoms. The highest BCUT2D eigenvalue weighted by atomic mass is 35.5. The van der Waals surface area contributed by atoms with Crippen LogP contribution in [0.1, 0.15) is 32.6 Å². The van der Waals surface area contributed by atoms with Crippen molar-refractivity contribution in [3.63, 3.8) is 0 Å². The molecule has 0 heterocycles. The zero-order valence-corrected chi connectivity index (χ0v) is 13.2. The van der Waals surface area contributed by atoms with Crippen molar-refractivity contribution in [2.24, 2.45) is 11.8 Å². The van der Waals surface area contributed by atoms with E-state index in [1.165, 1.54) is 18.9 Å². The van der Waals surface area contributed by atoms with Crippen LogP contribution in [0.15, 0.2) is 23.1 Å². The third-order valence-corrected chi connectivity index (χ3v) is 5.84. The second-order valence-electron chi connectivity index (χ2n) is 5.65. The predicted molar refractivity (Wildman–Crippen MR) is 82.2 cm³/mol. The topological polar surface area (TPSA) is 72.2 Å². The van der Waals surface area contributed by atoms with E-state index in [-0.39, 0.29) is 15.6 Å². The van der Waals surface area contributed by atoms with Gasteiger partial charge in [-0.15, -0.1) is 0 Å². The maximum absolute atomic E-state index is 12.3. The Labute approximate surface area is 125 Å². The minimum atomic E-state index is -3.65. The lowest BCUT2D eigenvalue weighted by molar-refractivity contribution is 0.283. The van der Waals surface area contributed by atoms with Crippen molar-refractivity contribution >= 4 is 27.3 Å². The second-order valence-corrected chi connectivity index (χ2v) is 7.76. The van der Waals surface area contributed by atoms with Gasteiger partial charge in [0.05, 0.1) is 10.7 Å². The fourth-order valence-corrected chi connectivity index (χ4v) is 4.64. The zero-order valence-electron chi connectivity index (χ0n) is 11.6. The molecule has 1 aliphatic carbocycles. The van der Waals surface area contributed by atoms with Crippen LogP contribution in [-0.2, 0) is 10.0 Å². The van der Waals surface area contributed by atoms with Gasteiger partial charge in [0.1, 0.15) is 4.90 Å². The van der Waals surface area contributed by atoms with Gasteiger partial charge in [0.2, 0.25) is 10.0 Å². The summed E-state index contributed by atoms with van der Waals surface area (Å²) in [6.07, 6.45) is 4.55. The first-order valence-corrected chi connectivity index (χ1v) is 8.80. The van der Waals surface area contributed by atoms with Gasteiger partial charge in [0, 0.05) is 6.54 Å². The first kappa shape index (κ1) is 15.6. The summed E-state index contributed by atoms with van der Waals surface area (Å²) >= 11 is 5.96. The highest BCUT2D eigenvalue weighted by molar-refractivity contribution is 7.89. The van der Waals surface area contributed by atoms with Gasteiger partial charge in [0.15, 0.2) is 0 Å². The number of nitrogens with one attached hydrogen (secondary N) is 1. The number of nitrogen functional groups attached to an aromatic ring is 1. The van der Waals surface area contributed by atoms with Crippen LogP contribution in [0.25, 0.3) is 0 Å². The van der Waals surface area contributed by atoms with Crippen LogP contribution >= 0.6 is 11.6 Å². The minimum absolute atomic E-state index is 0.00877. The van der Waals surface area contributed by atoms with Crippen LogP contribution in [0.2, 0.25) is 5.02 Å². The van der Waals surface area contributed by atoms with Gasteiger partial charge in [-0.05, 0) is 36.8 Å². The summed E-state index contributed by atoms with van der Waals surface area (Å²) < 4.78 is 27.3. The van der Waals surface area contributed by atoms with Crippen LogP contribution < -0.4 is 10.5 Å². The van der Waals surface area contributed by atoms with E-state index in [0.717, 1.165) is 12.8 Å². The molecule has 1 fully saturated rings. The molecule has 3 N–H and O–H groups in total. The molecule has 1 aromatic carbocycles. The zero-order chi connectivity index (χ0) is 14.8. The van der Waals surface area contributed by atoms with E-state index in [0.29, 0.717) is 18.4 Å². The number of hydrogen-bond acceptors (Lipinski definition) is 3. The smallest absolute Gasteiger partial charge is 0.244 e. The molecule has 20 heavy (non-hydrogen) atoms. The lowest BCUT2D eigenvalue weighted by atomic mass is 9.83. The van der Waals surface area contributed by atoms with Crippen molar-refractivity contribution in [3.05, 3.63) is 23.2 Å². The third-order valence-electron chi connectivity index (χ3n) is 3.87. The van der Waals surface area contributed by atoms with E-state index in [2.05, 4.69) is 11.6 Å². The Kier molecular flexibility index (Phi) is 4.94. The number of hydrogen-bond donors (Lipinski definition) is 2. The van der Waals surface area contributed by atoms with Crippen molar-refractivity contribution in [1.82, 2.24) is 4.72 Å². The Morgan fingerprint density at radius 2 is 2.15 bits per heavy atom. The average Bonchev–Trinajstić information content (AvgIpc) is 2.36. The number of benzene rings is 1. The van der Waals surface area contributed by atoms with E-state index < -0.39 is 10.0 Å². The summed E-state index contributed by atoms with van der Waals surface area (Å²) in [6, 6.07) is 4.72. The fourth-order valence-electron chi connectivity index (χ4n) is 2.85.